The topological polar surface area (TPSA) is 49.4 Å². The Labute approximate surface area is 164 Å². The van der Waals surface area contributed by atoms with E-state index in [0.29, 0.717) is 11.3 Å². The standard InChI is InChI=1S/C21H25FN2O2S/c1-15-7-6-8-17(11-15)13-27-14-20(25)24(16(2)21(26)23-3)12-18-9-4-5-10-19(18)22/h4-11,16H,12-14H2,1-3H3,(H,23,26)/t16-/m1/s1. The van der Waals surface area contributed by atoms with Gasteiger partial charge < -0.3 is 10.2 Å². The molecule has 1 N–H and O–H groups in total. The minimum Gasteiger partial charge on any atom is -0.357 e. The number of rotatable bonds is 8. The zero-order chi connectivity index (χ0) is 19.8. The molecule has 0 aliphatic carbocycles. The maximum Gasteiger partial charge on any atom is 0.242 e. The summed E-state index contributed by atoms with van der Waals surface area (Å²) in [4.78, 5) is 26.3. The van der Waals surface area contributed by atoms with Gasteiger partial charge in [0.2, 0.25) is 11.8 Å². The summed E-state index contributed by atoms with van der Waals surface area (Å²) < 4.78 is 14.0. The van der Waals surface area contributed by atoms with Crippen molar-refractivity contribution in [3.8, 4) is 0 Å². The van der Waals surface area contributed by atoms with Gasteiger partial charge in [0.25, 0.3) is 0 Å². The molecule has 0 unspecified atom stereocenters. The first-order valence-corrected chi connectivity index (χ1v) is 9.95. The molecular weight excluding hydrogens is 363 g/mol. The van der Waals surface area contributed by atoms with E-state index in [0.717, 1.165) is 5.56 Å². The number of amides is 2. The number of nitrogens with zero attached hydrogens (tertiary/aromatic N) is 1. The zero-order valence-corrected chi connectivity index (χ0v) is 16.7. The van der Waals surface area contributed by atoms with Gasteiger partial charge in [-0.25, -0.2) is 4.39 Å². The number of hydrogen-bond donors (Lipinski definition) is 1. The van der Waals surface area contributed by atoms with Gasteiger partial charge >= 0.3 is 0 Å². The van der Waals surface area contributed by atoms with E-state index in [1.807, 2.05) is 25.1 Å². The molecule has 0 saturated carbocycles. The fourth-order valence-electron chi connectivity index (χ4n) is 2.74. The zero-order valence-electron chi connectivity index (χ0n) is 15.9. The van der Waals surface area contributed by atoms with Gasteiger partial charge in [0.1, 0.15) is 11.9 Å². The van der Waals surface area contributed by atoms with Crippen molar-refractivity contribution in [1.82, 2.24) is 10.2 Å². The number of nitrogens with one attached hydrogen (secondary N) is 1. The first kappa shape index (κ1) is 21.0. The van der Waals surface area contributed by atoms with Gasteiger partial charge in [-0.05, 0) is 25.5 Å². The minimum absolute atomic E-state index is 0.0606. The summed E-state index contributed by atoms with van der Waals surface area (Å²) in [5.41, 5.74) is 2.71. The van der Waals surface area contributed by atoms with E-state index in [1.54, 1.807) is 25.1 Å². The minimum atomic E-state index is -0.679. The highest BCUT2D eigenvalue weighted by Crippen LogP contribution is 2.17. The third-order valence-electron chi connectivity index (χ3n) is 4.29. The molecule has 0 saturated heterocycles. The van der Waals surface area contributed by atoms with Crippen molar-refractivity contribution >= 4 is 23.6 Å². The van der Waals surface area contributed by atoms with Crippen LogP contribution >= 0.6 is 11.8 Å². The summed E-state index contributed by atoms with van der Waals surface area (Å²) in [6.45, 7) is 3.74. The molecule has 2 rings (SSSR count). The molecule has 0 fully saturated rings. The number of likely N-dealkylation sites (N-methyl/N-ethyl adjacent to an activating group) is 1. The van der Waals surface area contributed by atoms with E-state index >= 15 is 0 Å². The van der Waals surface area contributed by atoms with Gasteiger partial charge in [0.05, 0.1) is 5.75 Å². The number of carbonyl (C=O) groups excluding carboxylic acids is 2. The first-order chi connectivity index (χ1) is 12.9. The van der Waals surface area contributed by atoms with Gasteiger partial charge in [-0.15, -0.1) is 11.8 Å². The number of aryl methyl sites for hydroxylation is 1. The van der Waals surface area contributed by atoms with Crippen LogP contribution in [0.2, 0.25) is 0 Å². The average molecular weight is 389 g/mol. The number of thioether (sulfide) groups is 1. The highest BCUT2D eigenvalue weighted by molar-refractivity contribution is 7.99. The summed E-state index contributed by atoms with van der Waals surface area (Å²) in [5.74, 6) is 0.0844. The van der Waals surface area contributed by atoms with Crippen LogP contribution in [0.5, 0.6) is 0 Å². The SMILES string of the molecule is CNC(=O)[C@@H](C)N(Cc1ccccc1F)C(=O)CSCc1cccc(C)c1. The number of halogens is 1. The predicted molar refractivity (Wildman–Crippen MR) is 108 cm³/mol. The van der Waals surface area contributed by atoms with E-state index in [1.165, 1.54) is 35.3 Å². The molecular formula is C21H25FN2O2S. The second kappa shape index (κ2) is 10.1. The molecule has 2 amide bonds. The lowest BCUT2D eigenvalue weighted by atomic mass is 10.1. The molecule has 0 bridgehead atoms. The van der Waals surface area contributed by atoms with Gasteiger partial charge in [-0.2, -0.15) is 0 Å². The monoisotopic (exact) mass is 388 g/mol. The number of hydrogen-bond acceptors (Lipinski definition) is 3. The summed E-state index contributed by atoms with van der Waals surface area (Å²) in [7, 11) is 1.52. The average Bonchev–Trinajstić information content (AvgIpc) is 2.66. The quantitative estimate of drug-likeness (QED) is 0.753. The molecule has 0 heterocycles. The second-order valence-electron chi connectivity index (χ2n) is 6.39. The van der Waals surface area contributed by atoms with Crippen LogP contribution < -0.4 is 5.32 Å². The molecule has 0 spiro atoms. The van der Waals surface area contributed by atoms with Gasteiger partial charge in [-0.3, -0.25) is 9.59 Å². The lowest BCUT2D eigenvalue weighted by Gasteiger charge is -2.28. The third kappa shape index (κ3) is 6.10. The maximum atomic E-state index is 14.0. The summed E-state index contributed by atoms with van der Waals surface area (Å²) in [5, 5.41) is 2.56. The molecule has 0 aliphatic heterocycles. The first-order valence-electron chi connectivity index (χ1n) is 8.80. The number of carbonyl (C=O) groups is 2. The van der Waals surface area contributed by atoms with Gasteiger partial charge in [0.15, 0.2) is 0 Å². The molecule has 2 aromatic carbocycles. The van der Waals surface area contributed by atoms with Gasteiger partial charge in [-0.1, -0.05) is 48.0 Å². The van der Waals surface area contributed by atoms with Crippen molar-refractivity contribution in [3.63, 3.8) is 0 Å². The molecule has 27 heavy (non-hydrogen) atoms. The molecule has 2 aromatic rings. The van der Waals surface area contributed by atoms with Crippen molar-refractivity contribution < 1.29 is 14.0 Å². The van der Waals surface area contributed by atoms with E-state index in [-0.39, 0.29) is 29.9 Å². The Morgan fingerprint density at radius 1 is 1.19 bits per heavy atom. The van der Waals surface area contributed by atoms with Crippen LogP contribution in [0.3, 0.4) is 0 Å². The molecule has 4 nitrogen and oxygen atoms in total. The Morgan fingerprint density at radius 3 is 2.59 bits per heavy atom. The van der Waals surface area contributed by atoms with Crippen LogP contribution in [0.4, 0.5) is 4.39 Å². The van der Waals surface area contributed by atoms with Crippen LogP contribution in [0, 0.1) is 12.7 Å². The number of benzene rings is 2. The summed E-state index contributed by atoms with van der Waals surface area (Å²) >= 11 is 1.49. The fraction of sp³-hybridized carbons (Fsp3) is 0.333. The van der Waals surface area contributed by atoms with E-state index in [4.69, 9.17) is 0 Å². The summed E-state index contributed by atoms with van der Waals surface area (Å²) in [6, 6.07) is 13.8. The Bertz CT molecular complexity index is 797. The largest absolute Gasteiger partial charge is 0.357 e. The smallest absolute Gasteiger partial charge is 0.242 e. The second-order valence-corrected chi connectivity index (χ2v) is 7.37. The Morgan fingerprint density at radius 2 is 1.93 bits per heavy atom. The summed E-state index contributed by atoms with van der Waals surface area (Å²) in [6.07, 6.45) is 0. The van der Waals surface area contributed by atoms with Crippen molar-refractivity contribution in [2.45, 2.75) is 32.2 Å². The maximum absolute atomic E-state index is 14.0. The van der Waals surface area contributed by atoms with Gasteiger partial charge in [0, 0.05) is 24.9 Å². The van der Waals surface area contributed by atoms with Crippen molar-refractivity contribution in [3.05, 3.63) is 71.0 Å². The van der Waals surface area contributed by atoms with Crippen molar-refractivity contribution in [1.29, 1.82) is 0 Å². The molecule has 1 atom stereocenters. The van der Waals surface area contributed by atoms with Crippen LogP contribution in [-0.2, 0) is 21.9 Å². The highest BCUT2D eigenvalue weighted by atomic mass is 32.2. The molecule has 144 valence electrons. The van der Waals surface area contributed by atoms with Crippen molar-refractivity contribution in [2.75, 3.05) is 12.8 Å². The van der Waals surface area contributed by atoms with Crippen LogP contribution in [-0.4, -0.2) is 35.6 Å². The van der Waals surface area contributed by atoms with E-state index in [9.17, 15) is 14.0 Å². The highest BCUT2D eigenvalue weighted by Gasteiger charge is 2.26. The normalized spacial score (nSPS) is 11.7. The Kier molecular flexibility index (Phi) is 7.85. The molecule has 0 aliphatic rings. The van der Waals surface area contributed by atoms with Crippen LogP contribution in [0.15, 0.2) is 48.5 Å². The molecule has 6 heteroatoms. The van der Waals surface area contributed by atoms with Crippen molar-refractivity contribution in [2.24, 2.45) is 0 Å². The Hall–Kier alpha value is -2.34. The Balaban J connectivity index is 2.06. The molecule has 0 aromatic heterocycles. The lowest BCUT2D eigenvalue weighted by Crippen LogP contribution is -2.47. The third-order valence-corrected chi connectivity index (χ3v) is 5.28. The molecule has 0 radical (unpaired) electrons. The van der Waals surface area contributed by atoms with E-state index < -0.39 is 6.04 Å². The van der Waals surface area contributed by atoms with E-state index in [2.05, 4.69) is 11.4 Å². The van der Waals surface area contributed by atoms with Crippen LogP contribution in [0.25, 0.3) is 0 Å². The lowest BCUT2D eigenvalue weighted by molar-refractivity contribution is -0.138. The van der Waals surface area contributed by atoms with Crippen LogP contribution in [0.1, 0.15) is 23.6 Å². The predicted octanol–water partition coefficient (Wildman–Crippen LogP) is 3.53. The fourth-order valence-corrected chi connectivity index (χ4v) is 3.60.